The predicted molar refractivity (Wildman–Crippen MR) is 26.6 cm³/mol. The molecule has 0 aromatic rings. The van der Waals surface area contributed by atoms with Gasteiger partial charge in [0.1, 0.15) is 0 Å². The van der Waals surface area contributed by atoms with E-state index in [1.807, 2.05) is 20.8 Å². The Morgan fingerprint density at radius 3 is 1.50 bits per heavy atom. The van der Waals surface area contributed by atoms with E-state index in [9.17, 15) is 0 Å². The summed E-state index contributed by atoms with van der Waals surface area (Å²) in [5.74, 6) is 0. The van der Waals surface area contributed by atoms with Crippen LogP contribution in [-0.2, 0) is 3.07 Å². The summed E-state index contributed by atoms with van der Waals surface area (Å²) < 4.78 is 5.03. The molecule has 0 bridgehead atoms. The summed E-state index contributed by atoms with van der Waals surface area (Å²) >= 11 is 1.15. The van der Waals surface area contributed by atoms with E-state index in [1.54, 1.807) is 0 Å². The topological polar surface area (TPSA) is 9.23 Å². The summed E-state index contributed by atoms with van der Waals surface area (Å²) in [6.07, 6.45) is 0. The monoisotopic (exact) mass is 193 g/mol. The van der Waals surface area contributed by atoms with Crippen molar-refractivity contribution in [3.05, 3.63) is 0 Å². The summed E-state index contributed by atoms with van der Waals surface area (Å²) in [6, 6.07) is 0. The molecule has 34 valence electrons. The molecule has 6 heavy (non-hydrogen) atoms. The SMILES string of the molecule is CC(C)(C)[O][Sn+]. The second kappa shape index (κ2) is 2.17. The third kappa shape index (κ3) is 4.76. The van der Waals surface area contributed by atoms with Crippen molar-refractivity contribution < 1.29 is 3.07 Å². The molecular formula is C4H9OSn+. The van der Waals surface area contributed by atoms with Gasteiger partial charge >= 0.3 is 52.4 Å². The summed E-state index contributed by atoms with van der Waals surface area (Å²) in [6.45, 7) is 6.13. The van der Waals surface area contributed by atoms with Crippen molar-refractivity contribution in [2.24, 2.45) is 0 Å². The van der Waals surface area contributed by atoms with Gasteiger partial charge in [0.25, 0.3) is 0 Å². The van der Waals surface area contributed by atoms with Gasteiger partial charge in [-0.05, 0) is 0 Å². The van der Waals surface area contributed by atoms with Gasteiger partial charge in [-0.25, -0.2) is 0 Å². The second-order valence-electron chi connectivity index (χ2n) is 2.21. The third-order valence-electron chi connectivity index (χ3n) is 0.306. The standard InChI is InChI=1S/C4H9O.Sn/c1-4(2,3)5;/h1-3H3;/q-1;+2. The Kier molecular flexibility index (Phi) is 2.44. The zero-order valence-electron chi connectivity index (χ0n) is 4.41. The van der Waals surface area contributed by atoms with Crippen LogP contribution in [0.1, 0.15) is 20.8 Å². The molecule has 0 heterocycles. The summed E-state index contributed by atoms with van der Waals surface area (Å²) in [7, 11) is 0. The van der Waals surface area contributed by atoms with Crippen LogP contribution in [0.3, 0.4) is 0 Å². The van der Waals surface area contributed by atoms with Gasteiger partial charge in [-0.15, -0.1) is 0 Å². The molecule has 0 spiro atoms. The van der Waals surface area contributed by atoms with E-state index >= 15 is 0 Å². The van der Waals surface area contributed by atoms with Gasteiger partial charge in [0.15, 0.2) is 0 Å². The van der Waals surface area contributed by atoms with Crippen LogP contribution in [-0.4, -0.2) is 28.5 Å². The first kappa shape index (κ1) is 6.76. The van der Waals surface area contributed by atoms with Crippen LogP contribution >= 0.6 is 0 Å². The van der Waals surface area contributed by atoms with Gasteiger partial charge in [0.05, 0.1) is 0 Å². The summed E-state index contributed by atoms with van der Waals surface area (Å²) in [5, 5.41) is 0. The van der Waals surface area contributed by atoms with Gasteiger partial charge in [-0.3, -0.25) is 0 Å². The average Bonchev–Trinajstić information content (AvgIpc) is 1.35. The molecule has 0 fully saturated rings. The van der Waals surface area contributed by atoms with Gasteiger partial charge in [0.2, 0.25) is 0 Å². The van der Waals surface area contributed by atoms with Crippen molar-refractivity contribution >= 4 is 22.9 Å². The molecule has 0 aliphatic heterocycles. The molecule has 0 unspecified atom stereocenters. The van der Waals surface area contributed by atoms with Crippen molar-refractivity contribution in [3.8, 4) is 0 Å². The molecule has 0 aromatic heterocycles. The fraction of sp³-hybridized carbons (Fsp3) is 1.00. The number of rotatable bonds is 0. The fourth-order valence-electron chi connectivity index (χ4n) is 0. The predicted octanol–water partition coefficient (Wildman–Crippen LogP) is 0.885. The van der Waals surface area contributed by atoms with Gasteiger partial charge in [-0.1, -0.05) is 0 Å². The Balaban J connectivity index is 3.17. The van der Waals surface area contributed by atoms with E-state index in [0.717, 1.165) is 22.9 Å². The Morgan fingerprint density at radius 2 is 1.50 bits per heavy atom. The van der Waals surface area contributed by atoms with Crippen molar-refractivity contribution in [3.63, 3.8) is 0 Å². The maximum absolute atomic E-state index is 5.03. The Labute approximate surface area is 52.7 Å². The fourth-order valence-corrected chi connectivity index (χ4v) is 0. The first-order chi connectivity index (χ1) is 2.56. The maximum atomic E-state index is 5.03. The molecule has 1 nitrogen and oxygen atoms in total. The minimum absolute atomic E-state index is 0.0817. The third-order valence-corrected chi connectivity index (χ3v) is 2.05. The van der Waals surface area contributed by atoms with E-state index in [0.29, 0.717) is 0 Å². The number of hydrogen-bond donors (Lipinski definition) is 0. The first-order valence-electron chi connectivity index (χ1n) is 1.91. The van der Waals surface area contributed by atoms with E-state index in [1.165, 1.54) is 0 Å². The molecule has 0 aliphatic carbocycles. The molecule has 0 aliphatic rings. The van der Waals surface area contributed by atoms with Crippen molar-refractivity contribution in [1.29, 1.82) is 0 Å². The van der Waals surface area contributed by atoms with Crippen LogP contribution in [0.5, 0.6) is 0 Å². The molecular weight excluding hydrogens is 183 g/mol. The Morgan fingerprint density at radius 1 is 1.33 bits per heavy atom. The molecule has 0 N–H and O–H groups in total. The molecule has 2 heteroatoms. The van der Waals surface area contributed by atoms with Crippen LogP contribution in [0.15, 0.2) is 0 Å². The molecule has 0 rings (SSSR count). The summed E-state index contributed by atoms with van der Waals surface area (Å²) in [4.78, 5) is 0. The van der Waals surface area contributed by atoms with Crippen LogP contribution < -0.4 is 0 Å². The molecule has 0 saturated carbocycles. The van der Waals surface area contributed by atoms with Gasteiger partial charge in [-0.2, -0.15) is 0 Å². The van der Waals surface area contributed by atoms with Crippen LogP contribution in [0.4, 0.5) is 0 Å². The van der Waals surface area contributed by atoms with E-state index in [4.69, 9.17) is 3.07 Å². The molecule has 0 atom stereocenters. The first-order valence-corrected chi connectivity index (χ1v) is 3.07. The second-order valence-corrected chi connectivity index (χ2v) is 2.80. The average molecular weight is 192 g/mol. The summed E-state index contributed by atoms with van der Waals surface area (Å²) in [5.41, 5.74) is 0.0817. The zero-order chi connectivity index (χ0) is 5.21. The van der Waals surface area contributed by atoms with Crippen molar-refractivity contribution in [1.82, 2.24) is 0 Å². The van der Waals surface area contributed by atoms with Gasteiger partial charge < -0.3 is 0 Å². The van der Waals surface area contributed by atoms with E-state index in [2.05, 4.69) is 0 Å². The van der Waals surface area contributed by atoms with Crippen LogP contribution in [0.25, 0.3) is 0 Å². The Bertz CT molecular complexity index is 37.3. The molecule has 0 amide bonds. The van der Waals surface area contributed by atoms with Crippen LogP contribution in [0, 0.1) is 0 Å². The zero-order valence-corrected chi connectivity index (χ0v) is 7.26. The normalized spacial score (nSPS) is 11.8. The molecule has 0 saturated heterocycles. The Hall–Kier alpha value is 0.759. The van der Waals surface area contributed by atoms with Crippen molar-refractivity contribution in [2.45, 2.75) is 26.4 Å². The van der Waals surface area contributed by atoms with Gasteiger partial charge in [0, 0.05) is 0 Å². The van der Waals surface area contributed by atoms with Crippen LogP contribution in [0.2, 0.25) is 0 Å². The van der Waals surface area contributed by atoms with E-state index < -0.39 is 0 Å². The van der Waals surface area contributed by atoms with Crippen molar-refractivity contribution in [2.75, 3.05) is 0 Å². The number of hydrogen-bond acceptors (Lipinski definition) is 1. The minimum atomic E-state index is 0.0817. The molecule has 0 aromatic carbocycles. The van der Waals surface area contributed by atoms with E-state index in [-0.39, 0.29) is 5.60 Å². The molecule has 2 radical (unpaired) electrons. The quantitative estimate of drug-likeness (QED) is 0.517.